The maximum Gasteiger partial charge on any atom is 0.123 e. The molecule has 0 aliphatic carbocycles. The molecule has 0 amide bonds. The van der Waals surface area contributed by atoms with E-state index >= 15 is 0 Å². The molecule has 200 valence electrons. The first-order valence-corrected chi connectivity index (χ1v) is 15.2. The number of rotatable bonds is 8. The number of benzene rings is 2. The van der Waals surface area contributed by atoms with Gasteiger partial charge in [0.05, 0.1) is 0 Å². The zero-order chi connectivity index (χ0) is 26.7. The van der Waals surface area contributed by atoms with E-state index < -0.39 is 0 Å². The Balaban J connectivity index is 2.12. The minimum atomic E-state index is -0.113. The van der Waals surface area contributed by atoms with Crippen molar-refractivity contribution in [2.75, 3.05) is 13.1 Å². The highest BCUT2D eigenvalue weighted by Crippen LogP contribution is 2.51. The van der Waals surface area contributed by atoms with Gasteiger partial charge in [0.25, 0.3) is 0 Å². The molecule has 2 nitrogen and oxygen atoms in total. The van der Waals surface area contributed by atoms with Gasteiger partial charge in [0.2, 0.25) is 0 Å². The summed E-state index contributed by atoms with van der Waals surface area (Å²) in [5, 5.41) is 13.2. The number of likely N-dealkylation sites (tertiary alicyclic amines) is 1. The standard InChI is InChI=1S/C33H52NOP/c1-10-11-17-33(9,28-22-26(31(3,4)5)21-27(30(28)35)32(6,7)8)36-29-16-15-24(2)20-25(29)23-34-18-13-12-14-19-34/h15-16,20-22,35-36H,10-14,17-19,23H2,1-9H3. The van der Waals surface area contributed by atoms with Crippen molar-refractivity contribution in [1.29, 1.82) is 0 Å². The summed E-state index contributed by atoms with van der Waals surface area (Å²) >= 11 is 0. The van der Waals surface area contributed by atoms with Crippen LogP contribution in [0.25, 0.3) is 0 Å². The van der Waals surface area contributed by atoms with Gasteiger partial charge in [-0.25, -0.2) is 0 Å². The van der Waals surface area contributed by atoms with E-state index in [0.717, 1.165) is 24.1 Å². The van der Waals surface area contributed by atoms with Crippen LogP contribution in [0.2, 0.25) is 0 Å². The van der Waals surface area contributed by atoms with Crippen LogP contribution in [-0.2, 0) is 22.5 Å². The Kier molecular flexibility index (Phi) is 9.38. The van der Waals surface area contributed by atoms with E-state index in [9.17, 15) is 5.11 Å². The highest BCUT2D eigenvalue weighted by molar-refractivity contribution is 7.48. The molecule has 0 aromatic heterocycles. The molecule has 1 fully saturated rings. The number of hydrogen-bond acceptors (Lipinski definition) is 2. The van der Waals surface area contributed by atoms with Crippen LogP contribution in [0, 0.1) is 6.92 Å². The van der Waals surface area contributed by atoms with Crippen molar-refractivity contribution < 1.29 is 5.11 Å². The van der Waals surface area contributed by atoms with Crippen LogP contribution in [0.1, 0.15) is 122 Å². The van der Waals surface area contributed by atoms with Gasteiger partial charge in [0, 0.05) is 17.3 Å². The van der Waals surface area contributed by atoms with E-state index in [2.05, 4.69) is 97.5 Å². The van der Waals surface area contributed by atoms with E-state index in [-0.39, 0.29) is 16.0 Å². The van der Waals surface area contributed by atoms with Crippen molar-refractivity contribution in [3.05, 3.63) is 58.1 Å². The lowest BCUT2D eigenvalue weighted by Crippen LogP contribution is -2.31. The van der Waals surface area contributed by atoms with Crippen molar-refractivity contribution >= 4 is 13.9 Å². The van der Waals surface area contributed by atoms with Crippen molar-refractivity contribution in [3.8, 4) is 5.75 Å². The summed E-state index contributed by atoms with van der Waals surface area (Å²) in [6.07, 6.45) is 7.43. The van der Waals surface area contributed by atoms with Crippen LogP contribution >= 0.6 is 8.58 Å². The molecule has 36 heavy (non-hydrogen) atoms. The Labute approximate surface area is 224 Å². The largest absolute Gasteiger partial charge is 0.507 e. The van der Waals surface area contributed by atoms with Gasteiger partial charge in [-0.2, -0.15) is 0 Å². The zero-order valence-electron chi connectivity index (χ0n) is 24.6. The lowest BCUT2D eigenvalue weighted by molar-refractivity contribution is 0.221. The van der Waals surface area contributed by atoms with Gasteiger partial charge in [-0.1, -0.05) is 119 Å². The average Bonchev–Trinajstić information content (AvgIpc) is 2.79. The van der Waals surface area contributed by atoms with Gasteiger partial charge in [-0.15, -0.1) is 0 Å². The molecule has 1 N–H and O–H groups in total. The van der Waals surface area contributed by atoms with Crippen molar-refractivity contribution in [3.63, 3.8) is 0 Å². The number of aromatic hydroxyl groups is 1. The van der Waals surface area contributed by atoms with E-state index in [4.69, 9.17) is 0 Å². The quantitative estimate of drug-likeness (QED) is 0.360. The first-order chi connectivity index (χ1) is 16.7. The first-order valence-electron chi connectivity index (χ1n) is 14.2. The third-order valence-electron chi connectivity index (χ3n) is 7.92. The van der Waals surface area contributed by atoms with Crippen LogP contribution in [0.15, 0.2) is 30.3 Å². The predicted octanol–water partition coefficient (Wildman–Crippen LogP) is 8.69. The van der Waals surface area contributed by atoms with Crippen LogP contribution in [0.4, 0.5) is 0 Å². The molecule has 0 bridgehead atoms. The average molecular weight is 510 g/mol. The molecule has 1 aliphatic rings. The SMILES string of the molecule is CCCCC(C)(Pc1ccc(C)cc1CN1CCCCC1)c1cc(C(C)(C)C)cc(C(C)(C)C)c1O. The van der Waals surface area contributed by atoms with Crippen molar-refractivity contribution in [2.24, 2.45) is 0 Å². The third kappa shape index (κ3) is 7.14. The Hall–Kier alpha value is -1.37. The summed E-state index contributed by atoms with van der Waals surface area (Å²) in [5.41, 5.74) is 6.30. The number of nitrogens with zero attached hydrogens (tertiary/aromatic N) is 1. The molecule has 3 rings (SSSR count). The predicted molar refractivity (Wildman–Crippen MR) is 161 cm³/mol. The first kappa shape index (κ1) is 29.2. The highest BCUT2D eigenvalue weighted by Gasteiger charge is 2.35. The van der Waals surface area contributed by atoms with E-state index in [0.29, 0.717) is 14.3 Å². The minimum Gasteiger partial charge on any atom is -0.507 e. The lowest BCUT2D eigenvalue weighted by atomic mass is 9.77. The van der Waals surface area contributed by atoms with Gasteiger partial charge < -0.3 is 5.11 Å². The second-order valence-electron chi connectivity index (χ2n) is 13.5. The molecule has 2 aromatic rings. The molecule has 1 saturated heterocycles. The van der Waals surface area contributed by atoms with Gasteiger partial charge in [-0.3, -0.25) is 4.90 Å². The van der Waals surface area contributed by atoms with Gasteiger partial charge in [-0.05, 0) is 72.1 Å². The molecular weight excluding hydrogens is 457 g/mol. The summed E-state index contributed by atoms with van der Waals surface area (Å²) in [6, 6.07) is 11.7. The zero-order valence-corrected chi connectivity index (χ0v) is 25.6. The molecule has 3 heteroatoms. The summed E-state index contributed by atoms with van der Waals surface area (Å²) in [5.74, 6) is 0.520. The Bertz CT molecular complexity index is 1020. The summed E-state index contributed by atoms with van der Waals surface area (Å²) in [4.78, 5) is 2.64. The summed E-state index contributed by atoms with van der Waals surface area (Å²) < 4.78 is 0. The molecule has 2 aromatic carbocycles. The van der Waals surface area contributed by atoms with Crippen LogP contribution in [0.3, 0.4) is 0 Å². The normalized spacial score (nSPS) is 17.6. The molecule has 0 saturated carbocycles. The number of unbranched alkanes of at least 4 members (excludes halogenated alkanes) is 1. The third-order valence-corrected chi connectivity index (χ3v) is 9.75. The Morgan fingerprint density at radius 2 is 1.50 bits per heavy atom. The number of hydrogen-bond donors (Lipinski definition) is 1. The Morgan fingerprint density at radius 3 is 2.08 bits per heavy atom. The van der Waals surface area contributed by atoms with Crippen LogP contribution < -0.4 is 5.30 Å². The lowest BCUT2D eigenvalue weighted by Gasteiger charge is -2.36. The fraction of sp³-hybridized carbons (Fsp3) is 0.636. The fourth-order valence-electron chi connectivity index (χ4n) is 5.49. The van der Waals surface area contributed by atoms with Gasteiger partial charge >= 0.3 is 0 Å². The number of piperidine rings is 1. The van der Waals surface area contributed by atoms with Gasteiger partial charge in [0.15, 0.2) is 0 Å². The summed E-state index contributed by atoms with van der Waals surface area (Å²) in [7, 11) is 0.621. The topological polar surface area (TPSA) is 23.5 Å². The van der Waals surface area contributed by atoms with E-state index in [1.165, 1.54) is 67.2 Å². The second-order valence-corrected chi connectivity index (χ2v) is 15.4. The van der Waals surface area contributed by atoms with Crippen molar-refractivity contribution in [2.45, 2.75) is 123 Å². The molecule has 1 aliphatic heterocycles. The molecule has 1 heterocycles. The monoisotopic (exact) mass is 509 g/mol. The second kappa shape index (κ2) is 11.6. The molecule has 0 spiro atoms. The fourth-order valence-corrected chi connectivity index (χ4v) is 7.19. The van der Waals surface area contributed by atoms with Gasteiger partial charge in [0.1, 0.15) is 5.75 Å². The molecular formula is C33H52NOP. The van der Waals surface area contributed by atoms with E-state index in [1.54, 1.807) is 0 Å². The van der Waals surface area contributed by atoms with E-state index in [1.807, 2.05) is 0 Å². The number of phenols is 1. The maximum atomic E-state index is 11.8. The van der Waals surface area contributed by atoms with Crippen molar-refractivity contribution in [1.82, 2.24) is 4.90 Å². The number of aryl methyl sites for hydroxylation is 1. The van der Waals surface area contributed by atoms with Crippen LogP contribution in [-0.4, -0.2) is 23.1 Å². The Morgan fingerprint density at radius 1 is 0.861 bits per heavy atom. The smallest absolute Gasteiger partial charge is 0.123 e. The molecule has 2 unspecified atom stereocenters. The highest BCUT2D eigenvalue weighted by atomic mass is 31.1. The molecule has 0 radical (unpaired) electrons. The number of phenolic OH excluding ortho intramolecular Hbond substituents is 1. The summed E-state index contributed by atoms with van der Waals surface area (Å²) in [6.45, 7) is 23.9. The minimum absolute atomic E-state index is 0.0283. The maximum absolute atomic E-state index is 11.8. The van der Waals surface area contributed by atoms with Crippen LogP contribution in [0.5, 0.6) is 5.75 Å². The molecule has 2 atom stereocenters.